The number of nitrogens with zero attached hydrogens (tertiary/aromatic N) is 3. The minimum absolute atomic E-state index is 0.487. The molecule has 1 N–H and O–H groups in total. The van der Waals surface area contributed by atoms with Crippen molar-refractivity contribution in [2.24, 2.45) is 0 Å². The van der Waals surface area contributed by atoms with E-state index >= 15 is 0 Å². The van der Waals surface area contributed by atoms with Crippen molar-refractivity contribution < 1.29 is 17.2 Å². The maximum absolute atomic E-state index is 13.3. The van der Waals surface area contributed by atoms with Gasteiger partial charge < -0.3 is 0 Å². The monoisotopic (exact) mass is 260 g/mol. The Hall–Kier alpha value is -2.03. The molecule has 0 atom stereocenters. The minimum Gasteiger partial charge on any atom is -0.221 e. The number of halogens is 2. The molecule has 1 aromatic heterocycles. The Kier molecular flexibility index (Phi) is 2.76. The van der Waals surface area contributed by atoms with Crippen LogP contribution in [-0.2, 0) is 10.0 Å². The summed E-state index contributed by atoms with van der Waals surface area (Å²) >= 11 is 0. The third-order valence-electron chi connectivity index (χ3n) is 1.83. The van der Waals surface area contributed by atoms with Crippen molar-refractivity contribution in [1.82, 2.24) is 14.9 Å². The highest BCUT2D eigenvalue weighted by molar-refractivity contribution is 7.92. The third-order valence-corrected chi connectivity index (χ3v) is 3.19. The van der Waals surface area contributed by atoms with Gasteiger partial charge in [-0.1, -0.05) is 0 Å². The Balaban J connectivity index is 2.38. The van der Waals surface area contributed by atoms with E-state index in [4.69, 9.17) is 0 Å². The van der Waals surface area contributed by atoms with Crippen molar-refractivity contribution in [2.75, 3.05) is 4.83 Å². The summed E-state index contributed by atoms with van der Waals surface area (Å²) in [6, 6.07) is 2.17. The molecule has 6 nitrogen and oxygen atoms in total. The van der Waals surface area contributed by atoms with E-state index in [-0.39, 0.29) is 0 Å². The molecule has 2 rings (SSSR count). The van der Waals surface area contributed by atoms with Gasteiger partial charge in [0.15, 0.2) is 0 Å². The Morgan fingerprint density at radius 3 is 2.41 bits per heavy atom. The van der Waals surface area contributed by atoms with Gasteiger partial charge in [-0.3, -0.25) is 0 Å². The summed E-state index contributed by atoms with van der Waals surface area (Å²) in [5.41, 5.74) is 0. The first-order valence-corrected chi connectivity index (χ1v) is 5.80. The first kappa shape index (κ1) is 11.5. The summed E-state index contributed by atoms with van der Waals surface area (Å²) in [5, 5.41) is 6.74. The molecule has 0 spiro atoms. The lowest BCUT2D eigenvalue weighted by Crippen LogP contribution is -2.23. The number of rotatable bonds is 3. The predicted molar refractivity (Wildman–Crippen MR) is 52.9 cm³/mol. The quantitative estimate of drug-likeness (QED) is 0.871. The van der Waals surface area contributed by atoms with E-state index in [0.29, 0.717) is 6.07 Å². The number of hydrogen-bond acceptors (Lipinski definition) is 4. The summed E-state index contributed by atoms with van der Waals surface area (Å²) in [7, 11) is -4.14. The molecular weight excluding hydrogens is 254 g/mol. The molecule has 0 radical (unpaired) electrons. The summed E-state index contributed by atoms with van der Waals surface area (Å²) < 4.78 is 50.2. The molecule has 1 heterocycles. The average Bonchev–Trinajstić information content (AvgIpc) is 2.68. The maximum Gasteiger partial charge on any atom is 0.278 e. The van der Waals surface area contributed by atoms with Gasteiger partial charge in [0.25, 0.3) is 10.0 Å². The Labute approximate surface area is 94.9 Å². The van der Waals surface area contributed by atoms with Gasteiger partial charge in [-0.2, -0.15) is 8.42 Å². The van der Waals surface area contributed by atoms with Crippen molar-refractivity contribution >= 4 is 10.0 Å². The van der Waals surface area contributed by atoms with Crippen LogP contribution in [0.15, 0.2) is 35.7 Å². The number of sulfonamides is 1. The highest BCUT2D eigenvalue weighted by atomic mass is 32.2. The highest BCUT2D eigenvalue weighted by Crippen LogP contribution is 2.15. The van der Waals surface area contributed by atoms with Gasteiger partial charge in [-0.05, 0) is 12.1 Å². The third kappa shape index (κ3) is 2.38. The zero-order chi connectivity index (χ0) is 12.5. The second-order valence-corrected chi connectivity index (χ2v) is 4.67. The van der Waals surface area contributed by atoms with Gasteiger partial charge in [0, 0.05) is 6.07 Å². The van der Waals surface area contributed by atoms with Crippen LogP contribution in [0.5, 0.6) is 0 Å². The van der Waals surface area contributed by atoms with Crippen molar-refractivity contribution in [2.45, 2.75) is 4.90 Å². The fourth-order valence-electron chi connectivity index (χ4n) is 1.13. The fraction of sp³-hybridized carbons (Fsp3) is 0. The van der Waals surface area contributed by atoms with E-state index in [9.17, 15) is 17.2 Å². The van der Waals surface area contributed by atoms with Crippen LogP contribution in [0.2, 0.25) is 0 Å². The van der Waals surface area contributed by atoms with E-state index in [0.717, 1.165) is 29.5 Å². The molecule has 0 aliphatic carbocycles. The van der Waals surface area contributed by atoms with Crippen molar-refractivity contribution in [3.8, 4) is 0 Å². The van der Waals surface area contributed by atoms with Gasteiger partial charge in [0.05, 0.1) is 0 Å². The van der Waals surface area contributed by atoms with Gasteiger partial charge in [-0.25, -0.2) is 18.3 Å². The number of nitrogens with one attached hydrogen (secondary N) is 1. The molecule has 0 aliphatic rings. The van der Waals surface area contributed by atoms with Crippen molar-refractivity contribution in [3.05, 3.63) is 42.5 Å². The predicted octanol–water partition coefficient (Wildman–Crippen LogP) is 0.489. The molecule has 0 bridgehead atoms. The van der Waals surface area contributed by atoms with Gasteiger partial charge in [-0.15, -0.1) is 10.2 Å². The molecule has 17 heavy (non-hydrogen) atoms. The Morgan fingerprint density at radius 1 is 1.18 bits per heavy atom. The van der Waals surface area contributed by atoms with E-state index < -0.39 is 26.6 Å². The average molecular weight is 260 g/mol. The fourth-order valence-corrected chi connectivity index (χ4v) is 2.16. The molecule has 0 saturated carbocycles. The summed E-state index contributed by atoms with van der Waals surface area (Å²) in [6.45, 7) is 0. The van der Waals surface area contributed by atoms with Crippen molar-refractivity contribution in [1.29, 1.82) is 0 Å². The zero-order valence-corrected chi connectivity index (χ0v) is 9.03. The molecule has 0 unspecified atom stereocenters. The minimum atomic E-state index is -4.14. The SMILES string of the molecule is O=S(=O)(Nn1cnnc1)c1ccc(F)cc1F. The lowest BCUT2D eigenvalue weighted by molar-refractivity contribution is 0.549. The van der Waals surface area contributed by atoms with Crippen LogP contribution >= 0.6 is 0 Å². The van der Waals surface area contributed by atoms with Gasteiger partial charge in [0.1, 0.15) is 29.2 Å². The molecular formula is C8H6F2N4O2S. The summed E-state index contributed by atoms with van der Waals surface area (Å²) in [5.74, 6) is -2.03. The smallest absolute Gasteiger partial charge is 0.221 e. The van der Waals surface area contributed by atoms with Crippen LogP contribution in [0.4, 0.5) is 8.78 Å². The summed E-state index contributed by atoms with van der Waals surface area (Å²) in [4.78, 5) is 1.32. The van der Waals surface area contributed by atoms with Crippen LogP contribution in [0.1, 0.15) is 0 Å². The van der Waals surface area contributed by atoms with Gasteiger partial charge in [0.2, 0.25) is 0 Å². The molecule has 0 amide bonds. The largest absolute Gasteiger partial charge is 0.278 e. The lowest BCUT2D eigenvalue weighted by atomic mass is 10.3. The van der Waals surface area contributed by atoms with Gasteiger partial charge >= 0.3 is 0 Å². The number of benzene rings is 1. The maximum atomic E-state index is 13.3. The molecule has 9 heteroatoms. The standard InChI is InChI=1S/C8H6F2N4O2S/c9-6-1-2-8(7(10)3-6)17(15,16)13-14-4-11-12-5-14/h1-5,13H. The second kappa shape index (κ2) is 4.09. The van der Waals surface area contributed by atoms with Crippen LogP contribution in [0.25, 0.3) is 0 Å². The van der Waals surface area contributed by atoms with Crippen LogP contribution in [0.3, 0.4) is 0 Å². The normalized spacial score (nSPS) is 11.4. The lowest BCUT2D eigenvalue weighted by Gasteiger charge is -2.08. The van der Waals surface area contributed by atoms with E-state index in [1.807, 2.05) is 4.83 Å². The van der Waals surface area contributed by atoms with Crippen LogP contribution < -0.4 is 4.83 Å². The van der Waals surface area contributed by atoms with Crippen LogP contribution in [0, 0.1) is 11.6 Å². The molecule has 90 valence electrons. The molecule has 0 saturated heterocycles. The Morgan fingerprint density at radius 2 is 1.82 bits per heavy atom. The number of aromatic nitrogens is 3. The molecule has 1 aromatic carbocycles. The molecule has 2 aromatic rings. The molecule has 0 aliphatic heterocycles. The Bertz CT molecular complexity index is 627. The molecule has 0 fully saturated rings. The van der Waals surface area contributed by atoms with Crippen molar-refractivity contribution in [3.63, 3.8) is 0 Å². The topological polar surface area (TPSA) is 76.9 Å². The van der Waals surface area contributed by atoms with E-state index in [2.05, 4.69) is 10.2 Å². The zero-order valence-electron chi connectivity index (χ0n) is 8.21. The highest BCUT2D eigenvalue weighted by Gasteiger charge is 2.19. The first-order valence-electron chi connectivity index (χ1n) is 4.31. The summed E-state index contributed by atoms with van der Waals surface area (Å²) in [6.07, 6.45) is 2.16. The van der Waals surface area contributed by atoms with E-state index in [1.54, 1.807) is 0 Å². The first-order chi connectivity index (χ1) is 7.99. The second-order valence-electron chi connectivity index (χ2n) is 3.04. The van der Waals surface area contributed by atoms with Crippen LogP contribution in [-0.4, -0.2) is 23.3 Å². The van der Waals surface area contributed by atoms with E-state index in [1.165, 1.54) is 0 Å². The number of hydrogen-bond donors (Lipinski definition) is 1.